The fourth-order valence-electron chi connectivity index (χ4n) is 3.35. The smallest absolute Gasteiger partial charge is 0.317 e. The molecular weight excluding hydrogens is 312 g/mol. The summed E-state index contributed by atoms with van der Waals surface area (Å²) in [5, 5.41) is 0. The molecule has 3 heteroatoms. The Morgan fingerprint density at radius 1 is 0.520 bits per heavy atom. The lowest BCUT2D eigenvalue weighted by atomic mass is 10.0. The van der Waals surface area contributed by atoms with Crippen molar-refractivity contribution in [3.63, 3.8) is 0 Å². The van der Waals surface area contributed by atoms with Gasteiger partial charge in [0.15, 0.2) is 0 Å². The van der Waals surface area contributed by atoms with Crippen LogP contribution in [0.15, 0.2) is 12.2 Å². The van der Waals surface area contributed by atoms with Crippen molar-refractivity contribution in [1.29, 1.82) is 0 Å². The maximum absolute atomic E-state index is 11.6. The van der Waals surface area contributed by atoms with Crippen LogP contribution < -0.4 is 0 Å². The molecule has 3 nitrogen and oxygen atoms in total. The number of hydrogen-bond acceptors (Lipinski definition) is 3. The molecule has 1 heterocycles. The first kappa shape index (κ1) is 21.9. The van der Waals surface area contributed by atoms with E-state index in [0.29, 0.717) is 6.42 Å². The lowest BCUT2D eigenvalue weighted by Gasteiger charge is -2.03. The summed E-state index contributed by atoms with van der Waals surface area (Å²) in [4.78, 5) is 23.2. The zero-order valence-electron chi connectivity index (χ0n) is 16.1. The summed E-state index contributed by atoms with van der Waals surface area (Å²) in [7, 11) is 0. The molecule has 0 unspecified atom stereocenters. The highest BCUT2D eigenvalue weighted by Gasteiger charge is 2.08. The van der Waals surface area contributed by atoms with Gasteiger partial charge in [0.1, 0.15) is 0 Å². The Labute approximate surface area is 154 Å². The highest BCUT2D eigenvalue weighted by Crippen LogP contribution is 2.14. The molecule has 0 aromatic carbocycles. The number of hydrogen-bond donors (Lipinski definition) is 0. The summed E-state index contributed by atoms with van der Waals surface area (Å²) in [5.41, 5.74) is 0. The second-order valence-corrected chi connectivity index (χ2v) is 7.36. The van der Waals surface area contributed by atoms with Crippen LogP contribution in [-0.2, 0) is 14.3 Å². The van der Waals surface area contributed by atoms with Gasteiger partial charge in [-0.15, -0.1) is 0 Å². The third kappa shape index (κ3) is 14.9. The molecule has 0 fully saturated rings. The van der Waals surface area contributed by atoms with Crippen molar-refractivity contribution in [3.05, 3.63) is 12.2 Å². The number of ether oxygens (including phenoxy) is 1. The third-order valence-electron chi connectivity index (χ3n) is 4.93. The molecule has 0 bridgehead atoms. The Hall–Kier alpha value is -1.12. The molecule has 0 atom stereocenters. The number of carbonyl (C=O) groups excluding carboxylic acids is 2. The summed E-state index contributed by atoms with van der Waals surface area (Å²) in [6.07, 6.45) is 24.6. The van der Waals surface area contributed by atoms with Crippen LogP contribution in [0.25, 0.3) is 0 Å². The van der Waals surface area contributed by atoms with Crippen molar-refractivity contribution in [1.82, 2.24) is 0 Å². The maximum atomic E-state index is 11.6. The van der Waals surface area contributed by atoms with Crippen LogP contribution in [0.2, 0.25) is 0 Å². The molecule has 0 N–H and O–H groups in total. The third-order valence-corrected chi connectivity index (χ3v) is 4.93. The Bertz CT molecular complexity index is 373. The van der Waals surface area contributed by atoms with Crippen molar-refractivity contribution in [2.75, 3.05) is 0 Å². The van der Waals surface area contributed by atoms with Gasteiger partial charge >= 0.3 is 11.9 Å². The largest absolute Gasteiger partial charge is 0.393 e. The molecule has 0 radical (unpaired) electrons. The fourth-order valence-corrected chi connectivity index (χ4v) is 3.35. The fraction of sp³-hybridized carbons (Fsp3) is 0.818. The maximum Gasteiger partial charge on any atom is 0.317 e. The molecule has 0 amide bonds. The standard InChI is InChI=1S/C22H38O3/c23-21-19-17-15-13-11-9-7-5-3-1-2-4-6-8-10-12-14-16-18-20-22(24)25-21/h15,17H,1-14,16,18-20H2/b17-15+. The molecule has 1 aliphatic rings. The molecule has 0 aliphatic carbocycles. The van der Waals surface area contributed by atoms with Gasteiger partial charge in [-0.3, -0.25) is 9.59 Å². The molecule has 0 saturated heterocycles. The van der Waals surface area contributed by atoms with E-state index >= 15 is 0 Å². The average molecular weight is 351 g/mol. The summed E-state index contributed by atoms with van der Waals surface area (Å²) < 4.78 is 4.85. The minimum Gasteiger partial charge on any atom is -0.393 e. The van der Waals surface area contributed by atoms with E-state index in [-0.39, 0.29) is 12.4 Å². The lowest BCUT2D eigenvalue weighted by molar-refractivity contribution is -0.159. The number of rotatable bonds is 0. The lowest BCUT2D eigenvalue weighted by Crippen LogP contribution is -2.11. The molecule has 0 aromatic rings. The SMILES string of the molecule is O=C1C/C=C/CCCCCCCCCCCCCCCCCC(=O)O1. The van der Waals surface area contributed by atoms with E-state index in [1.165, 1.54) is 83.5 Å². The van der Waals surface area contributed by atoms with Gasteiger partial charge in [0.25, 0.3) is 0 Å². The van der Waals surface area contributed by atoms with Crippen LogP contribution in [-0.4, -0.2) is 11.9 Å². The van der Waals surface area contributed by atoms with Crippen LogP contribution in [0.1, 0.15) is 116 Å². The Kier molecular flexibility index (Phi) is 14.3. The average Bonchev–Trinajstić information content (AvgIpc) is 2.59. The van der Waals surface area contributed by atoms with Crippen LogP contribution in [0.4, 0.5) is 0 Å². The van der Waals surface area contributed by atoms with Gasteiger partial charge in [0.05, 0.1) is 6.42 Å². The predicted octanol–water partition coefficient (Wildman–Crippen LogP) is 6.65. The van der Waals surface area contributed by atoms with E-state index in [1.807, 2.05) is 12.2 Å². The van der Waals surface area contributed by atoms with E-state index in [9.17, 15) is 9.59 Å². The Morgan fingerprint density at radius 3 is 1.48 bits per heavy atom. The molecule has 0 spiro atoms. The monoisotopic (exact) mass is 350 g/mol. The molecule has 144 valence electrons. The van der Waals surface area contributed by atoms with E-state index in [1.54, 1.807) is 0 Å². The first-order chi connectivity index (χ1) is 12.3. The first-order valence-electron chi connectivity index (χ1n) is 10.7. The van der Waals surface area contributed by atoms with Crippen LogP contribution in [0, 0.1) is 0 Å². The van der Waals surface area contributed by atoms with Gasteiger partial charge in [-0.25, -0.2) is 0 Å². The second kappa shape index (κ2) is 16.4. The molecular formula is C22H38O3. The van der Waals surface area contributed by atoms with Crippen LogP contribution >= 0.6 is 0 Å². The van der Waals surface area contributed by atoms with E-state index in [4.69, 9.17) is 4.74 Å². The molecule has 1 rings (SSSR count). The highest BCUT2D eigenvalue weighted by atomic mass is 16.6. The zero-order valence-corrected chi connectivity index (χ0v) is 16.1. The number of carbonyl (C=O) groups is 2. The minimum atomic E-state index is -0.417. The molecule has 25 heavy (non-hydrogen) atoms. The van der Waals surface area contributed by atoms with E-state index in [2.05, 4.69) is 0 Å². The summed E-state index contributed by atoms with van der Waals surface area (Å²) >= 11 is 0. The number of esters is 2. The summed E-state index contributed by atoms with van der Waals surface area (Å²) in [5.74, 6) is -0.781. The van der Waals surface area contributed by atoms with Crippen molar-refractivity contribution < 1.29 is 14.3 Å². The molecule has 0 aromatic heterocycles. The van der Waals surface area contributed by atoms with Gasteiger partial charge in [-0.1, -0.05) is 95.6 Å². The predicted molar refractivity (Wildman–Crippen MR) is 103 cm³/mol. The Morgan fingerprint density at radius 2 is 0.960 bits per heavy atom. The number of allylic oxidation sites excluding steroid dienone is 1. The quantitative estimate of drug-likeness (QED) is 0.279. The summed E-state index contributed by atoms with van der Waals surface area (Å²) in [6.45, 7) is 0. The van der Waals surface area contributed by atoms with Gasteiger partial charge in [0.2, 0.25) is 0 Å². The van der Waals surface area contributed by atoms with Crippen molar-refractivity contribution >= 4 is 11.9 Å². The van der Waals surface area contributed by atoms with E-state index < -0.39 is 5.97 Å². The van der Waals surface area contributed by atoms with Gasteiger partial charge < -0.3 is 4.74 Å². The van der Waals surface area contributed by atoms with Crippen LogP contribution in [0.3, 0.4) is 0 Å². The topological polar surface area (TPSA) is 43.4 Å². The first-order valence-corrected chi connectivity index (χ1v) is 10.7. The van der Waals surface area contributed by atoms with Crippen molar-refractivity contribution in [2.45, 2.75) is 116 Å². The van der Waals surface area contributed by atoms with Gasteiger partial charge in [-0.2, -0.15) is 0 Å². The van der Waals surface area contributed by atoms with Crippen molar-refractivity contribution in [3.8, 4) is 0 Å². The summed E-state index contributed by atoms with van der Waals surface area (Å²) in [6, 6.07) is 0. The normalized spacial score (nSPS) is 23.5. The number of cyclic esters (lactones) is 2. The van der Waals surface area contributed by atoms with Crippen LogP contribution in [0.5, 0.6) is 0 Å². The second-order valence-electron chi connectivity index (χ2n) is 7.36. The molecule has 1 aliphatic heterocycles. The van der Waals surface area contributed by atoms with Gasteiger partial charge in [-0.05, 0) is 19.3 Å². The van der Waals surface area contributed by atoms with E-state index in [0.717, 1.165) is 19.3 Å². The highest BCUT2D eigenvalue weighted by molar-refractivity contribution is 5.86. The van der Waals surface area contributed by atoms with Crippen molar-refractivity contribution in [2.24, 2.45) is 0 Å². The minimum absolute atomic E-state index is 0.214. The molecule has 0 saturated carbocycles. The Balaban J connectivity index is 2.22. The van der Waals surface area contributed by atoms with Gasteiger partial charge in [0, 0.05) is 6.42 Å². The zero-order chi connectivity index (χ0) is 18.0.